The van der Waals surface area contributed by atoms with Crippen molar-refractivity contribution in [3.8, 4) is 89.0 Å². The SMILES string of the molecule is C.c1cc(-c2ccc3c(c2)c2nc4ccccc4cc2c2nc4ccccc4n32)cc(-c2ccc3c4c(cccc24)-c2ccccc2-3)c1.c1ccc(N(c2ccc(-c3ccc4c(c3)c3nc5ccccc5cc3c3nc5ccccc5n43)cc2)c2cccc3ccccc23)cc1.c1ccc2c(c1)-c1ccccc1C21c2ccccc2-c2ccc(-c3ccc4c(c3)c3nc5ccccc5cc3c3nc5ccccc5n43)cc21. The van der Waals surface area contributed by atoms with Crippen molar-refractivity contribution in [1.29, 1.82) is 0 Å². The minimum absolute atomic E-state index is 0. The van der Waals surface area contributed by atoms with E-state index in [4.69, 9.17) is 29.9 Å². The molecule has 1 spiro atoms. The molecule has 30 aromatic rings. The number of imidazole rings is 3. The first-order chi connectivity index (χ1) is 71.9. The summed E-state index contributed by atoms with van der Waals surface area (Å²) >= 11 is 0. The first-order valence-corrected chi connectivity index (χ1v) is 49.6. The molecule has 0 unspecified atom stereocenters. The average Bonchev–Trinajstić information content (AvgIpc) is 1.50. The van der Waals surface area contributed by atoms with Crippen molar-refractivity contribution in [2.24, 2.45) is 0 Å². The van der Waals surface area contributed by atoms with Gasteiger partial charge in [0.2, 0.25) is 0 Å². The van der Waals surface area contributed by atoms with Crippen LogP contribution in [0.3, 0.4) is 0 Å². The number of fused-ring (bicyclic) bond motifs is 41. The fraction of sp³-hybridized carbons (Fsp3) is 0.0147. The summed E-state index contributed by atoms with van der Waals surface area (Å²) in [5.41, 5.74) is 46.7. The zero-order valence-corrected chi connectivity index (χ0v) is 78.2. The van der Waals surface area contributed by atoms with Crippen LogP contribution in [-0.2, 0) is 5.41 Å². The molecular weight excluding hydrogens is 1770 g/mol. The summed E-state index contributed by atoms with van der Waals surface area (Å²) in [5, 5.41) is 14.9. The maximum absolute atomic E-state index is 5.30. The summed E-state index contributed by atoms with van der Waals surface area (Å²) in [6.07, 6.45) is 0. The van der Waals surface area contributed by atoms with Crippen LogP contribution in [0.2, 0.25) is 0 Å². The van der Waals surface area contributed by atoms with Gasteiger partial charge in [-0.15, -0.1) is 0 Å². The largest absolute Gasteiger partial charge is 0.310 e. The van der Waals surface area contributed by atoms with Gasteiger partial charge in [0.1, 0.15) is 16.9 Å². The lowest BCUT2D eigenvalue weighted by molar-refractivity contribution is 0.794. The maximum atomic E-state index is 5.30. The molecule has 678 valence electrons. The number of rotatable bonds is 7. The van der Waals surface area contributed by atoms with Gasteiger partial charge < -0.3 is 4.90 Å². The summed E-state index contributed by atoms with van der Waals surface area (Å²) in [7, 11) is 0. The number of pyridine rings is 6. The highest BCUT2D eigenvalue weighted by Gasteiger charge is 2.52. The first kappa shape index (κ1) is 82.5. The Morgan fingerprint density at radius 2 is 0.514 bits per heavy atom. The van der Waals surface area contributed by atoms with Gasteiger partial charge in [-0.2, -0.15) is 0 Å². The minimum atomic E-state index is -0.374. The van der Waals surface area contributed by atoms with Gasteiger partial charge in [0, 0.05) is 65.2 Å². The molecule has 3 aliphatic carbocycles. The van der Waals surface area contributed by atoms with Gasteiger partial charge in [0.15, 0.2) is 0 Å². The van der Waals surface area contributed by atoms with E-state index in [1.807, 2.05) is 6.07 Å². The Bertz CT molecular complexity index is 10800. The molecule has 0 aliphatic heterocycles. The highest BCUT2D eigenvalue weighted by Crippen LogP contribution is 2.64. The minimum Gasteiger partial charge on any atom is -0.310 e. The predicted octanol–water partition coefficient (Wildman–Crippen LogP) is 35.1. The number of aromatic nitrogens is 9. The molecule has 0 saturated carbocycles. The number of nitrogens with zero attached hydrogens (tertiary/aromatic N) is 10. The topological polar surface area (TPSA) is 93.8 Å². The zero-order chi connectivity index (χ0) is 94.8. The van der Waals surface area contributed by atoms with E-state index in [0.29, 0.717) is 0 Å². The molecule has 0 N–H and O–H groups in total. The van der Waals surface area contributed by atoms with Crippen LogP contribution in [-0.4, -0.2) is 43.1 Å². The summed E-state index contributed by atoms with van der Waals surface area (Å²) in [6.45, 7) is 0. The quantitative estimate of drug-likeness (QED) is 0.116. The van der Waals surface area contributed by atoms with Crippen LogP contribution in [0.25, 0.3) is 259 Å². The highest BCUT2D eigenvalue weighted by atomic mass is 15.1. The van der Waals surface area contributed by atoms with Crippen LogP contribution < -0.4 is 4.90 Å². The Balaban J connectivity index is 0.000000101. The third kappa shape index (κ3) is 12.2. The molecule has 146 heavy (non-hydrogen) atoms. The number of hydrogen-bond donors (Lipinski definition) is 0. The van der Waals surface area contributed by atoms with Gasteiger partial charge in [0.25, 0.3) is 0 Å². The van der Waals surface area contributed by atoms with E-state index < -0.39 is 0 Å². The molecule has 0 fully saturated rings. The summed E-state index contributed by atoms with van der Waals surface area (Å²) < 4.78 is 6.90. The van der Waals surface area contributed by atoms with E-state index in [1.54, 1.807) is 0 Å². The van der Waals surface area contributed by atoms with Crippen molar-refractivity contribution in [2.45, 2.75) is 12.8 Å². The van der Waals surface area contributed by atoms with Crippen molar-refractivity contribution < 1.29 is 0 Å². The molecule has 9 heterocycles. The lowest BCUT2D eigenvalue weighted by atomic mass is 9.70. The predicted molar refractivity (Wildman–Crippen MR) is 608 cm³/mol. The van der Waals surface area contributed by atoms with Crippen molar-refractivity contribution in [3.63, 3.8) is 0 Å². The Morgan fingerprint density at radius 3 is 1.02 bits per heavy atom. The summed E-state index contributed by atoms with van der Waals surface area (Å²) in [5.74, 6) is 0. The Morgan fingerprint density at radius 1 is 0.178 bits per heavy atom. The van der Waals surface area contributed by atoms with Crippen molar-refractivity contribution in [3.05, 3.63) is 508 Å². The standard InChI is InChI=1S/C47H27N3.C44H28N4.C44H25N3.CH4/c1-8-18-41-30(11-1)26-36-45(48-41)35-25-28(22-24-43(35)50-44-20-10-9-19-42(44)49-46(36)50)29-21-23-34-33-14-4-7-17-39(33)47(40(34)27-29)37-15-5-2-12-31(37)32-13-3-6-16-38(32)47;1-2-14-33(15-3-1)47(40-20-10-13-30-11-4-6-16-35(30)40)34-24-21-29(22-25-34)31-23-26-41-36(27-31)43-37(28-32-12-5-7-17-38(32)45-43)44-46-39-18-8-9-19-42(39)48(41)44;1-4-16-38-29(9-1)25-37-43(45-38)36-24-27(19-22-40(36)47-41-18-6-5-17-39(41)46-44(37)47)26-10-7-11-28(23-26)30-20-21-35-32-13-3-2-12-31(32)34-15-8-14-33(30)42(34)35;/h1-27H;1-28H;1-25H;1H4. The normalized spacial score (nSPS) is 12.5. The van der Waals surface area contributed by atoms with E-state index >= 15 is 0 Å². The fourth-order valence-electron chi connectivity index (χ4n) is 24.5. The van der Waals surface area contributed by atoms with Gasteiger partial charge in [-0.05, 0) is 279 Å². The van der Waals surface area contributed by atoms with Gasteiger partial charge in [0.05, 0.1) is 93.9 Å². The molecular formula is C136H84N10. The lowest BCUT2D eigenvalue weighted by Crippen LogP contribution is -2.25. The molecule has 10 heteroatoms. The number of anilines is 3. The molecule has 9 aromatic heterocycles. The van der Waals surface area contributed by atoms with Crippen LogP contribution in [0.5, 0.6) is 0 Å². The van der Waals surface area contributed by atoms with Crippen molar-refractivity contribution >= 4 is 187 Å². The van der Waals surface area contributed by atoms with Gasteiger partial charge in [-0.1, -0.05) is 341 Å². The lowest BCUT2D eigenvalue weighted by Gasteiger charge is -2.30. The molecule has 0 saturated heterocycles. The fourth-order valence-corrected chi connectivity index (χ4v) is 24.5. The van der Waals surface area contributed by atoms with Crippen molar-refractivity contribution in [2.75, 3.05) is 4.90 Å². The Labute approximate surface area is 838 Å². The number of hydrogen-bond acceptors (Lipinski definition) is 7. The molecule has 10 nitrogen and oxygen atoms in total. The number of para-hydroxylation sites is 10. The molecule has 0 bridgehead atoms. The molecule has 21 aromatic carbocycles. The van der Waals surface area contributed by atoms with Crippen LogP contribution >= 0.6 is 0 Å². The monoisotopic (exact) mass is 1860 g/mol. The van der Waals surface area contributed by atoms with Gasteiger partial charge in [-0.25, -0.2) is 29.9 Å². The summed E-state index contributed by atoms with van der Waals surface area (Å²) in [6, 6.07) is 175. The Hall–Kier alpha value is -19.4. The van der Waals surface area contributed by atoms with E-state index in [0.717, 1.165) is 182 Å². The highest BCUT2D eigenvalue weighted by molar-refractivity contribution is 6.22. The second-order valence-corrected chi connectivity index (χ2v) is 38.6. The smallest absolute Gasteiger partial charge is 0.147 e. The zero-order valence-electron chi connectivity index (χ0n) is 78.2. The van der Waals surface area contributed by atoms with E-state index in [9.17, 15) is 0 Å². The van der Waals surface area contributed by atoms with Gasteiger partial charge in [-0.3, -0.25) is 13.2 Å². The maximum Gasteiger partial charge on any atom is 0.147 e. The third-order valence-corrected chi connectivity index (χ3v) is 30.9. The third-order valence-electron chi connectivity index (χ3n) is 30.9. The van der Waals surface area contributed by atoms with Gasteiger partial charge >= 0.3 is 0 Å². The Kier molecular flexibility index (Phi) is 18.1. The van der Waals surface area contributed by atoms with Crippen LogP contribution in [0.15, 0.2) is 485 Å². The van der Waals surface area contributed by atoms with Crippen LogP contribution in [0.1, 0.15) is 29.7 Å². The second kappa shape index (κ2) is 32.1. The number of benzene rings is 21. The average molecular weight is 1860 g/mol. The first-order valence-electron chi connectivity index (χ1n) is 49.6. The second-order valence-electron chi connectivity index (χ2n) is 38.6. The van der Waals surface area contributed by atoms with E-state index in [-0.39, 0.29) is 12.8 Å². The van der Waals surface area contributed by atoms with Crippen LogP contribution in [0, 0.1) is 0 Å². The van der Waals surface area contributed by atoms with E-state index in [2.05, 4.69) is 497 Å². The molecule has 0 atom stereocenters. The van der Waals surface area contributed by atoms with E-state index in [1.165, 1.54) is 116 Å². The molecule has 0 amide bonds. The summed E-state index contributed by atoms with van der Waals surface area (Å²) in [4.78, 5) is 33.5. The van der Waals surface area contributed by atoms with Crippen molar-refractivity contribution in [1.82, 2.24) is 43.1 Å². The molecule has 33 rings (SSSR count). The molecule has 0 radical (unpaired) electrons. The van der Waals surface area contributed by atoms with Crippen LogP contribution in [0.4, 0.5) is 17.1 Å². The molecule has 3 aliphatic rings.